The molecule has 1 N–H and O–H groups in total. The molecule has 0 saturated carbocycles. The van der Waals surface area contributed by atoms with Crippen LogP contribution < -0.4 is 5.32 Å². The lowest BCUT2D eigenvalue weighted by Gasteiger charge is -2.01. The molecule has 0 unspecified atom stereocenters. The van der Waals surface area contributed by atoms with Crippen molar-refractivity contribution in [3.8, 4) is 0 Å². The number of nitrogens with zero attached hydrogens (tertiary/aromatic N) is 1. The van der Waals surface area contributed by atoms with Crippen molar-refractivity contribution in [3.63, 3.8) is 0 Å². The summed E-state index contributed by atoms with van der Waals surface area (Å²) in [5.74, 6) is 0.495. The predicted molar refractivity (Wildman–Crippen MR) is 94.8 cm³/mol. The second kappa shape index (κ2) is 6.99. The Bertz CT molecular complexity index is 795. The number of aryl methyl sites for hydroxylation is 1. The van der Waals surface area contributed by atoms with E-state index < -0.39 is 0 Å². The monoisotopic (exact) mass is 344 g/mol. The van der Waals surface area contributed by atoms with Gasteiger partial charge < -0.3 is 5.32 Å². The van der Waals surface area contributed by atoms with Crippen molar-refractivity contribution >= 4 is 41.0 Å². The highest BCUT2D eigenvalue weighted by Gasteiger charge is 2.19. The van der Waals surface area contributed by atoms with Crippen molar-refractivity contribution in [2.24, 2.45) is 4.99 Å². The molecule has 0 aromatic heterocycles. The molecule has 0 saturated heterocycles. The Morgan fingerprint density at radius 3 is 2.52 bits per heavy atom. The van der Waals surface area contributed by atoms with Gasteiger partial charge in [0.1, 0.15) is 11.5 Å². The molecule has 3 rings (SSSR count). The smallest absolute Gasteiger partial charge is 0.275 e. The van der Waals surface area contributed by atoms with Gasteiger partial charge in [-0.3, -0.25) is 4.79 Å². The lowest BCUT2D eigenvalue weighted by Crippen LogP contribution is -2.24. The first-order valence-corrected chi connectivity index (χ1v) is 7.96. The zero-order valence-electron chi connectivity index (χ0n) is 12.2. The topological polar surface area (TPSA) is 41.5 Å². The van der Waals surface area contributed by atoms with Crippen molar-refractivity contribution < 1.29 is 4.79 Å². The average molecular weight is 345 g/mol. The van der Waals surface area contributed by atoms with Crippen LogP contribution in [0.25, 0.3) is 6.08 Å². The lowest BCUT2D eigenvalue weighted by molar-refractivity contribution is -0.115. The Morgan fingerprint density at radius 1 is 1.00 bits per heavy atom. The molecule has 0 radical (unpaired) electrons. The largest absolute Gasteiger partial charge is 0.309 e. The number of amides is 1. The fraction of sp³-hybridized carbons (Fsp3) is 0.111. The summed E-state index contributed by atoms with van der Waals surface area (Å²) in [6.45, 7) is 0. The molecule has 3 nitrogen and oxygen atoms in total. The Morgan fingerprint density at radius 2 is 1.78 bits per heavy atom. The number of rotatable bonds is 4. The van der Waals surface area contributed by atoms with E-state index >= 15 is 0 Å². The van der Waals surface area contributed by atoms with Crippen molar-refractivity contribution in [1.82, 2.24) is 5.32 Å². The Labute approximate surface area is 144 Å². The van der Waals surface area contributed by atoms with Crippen LogP contribution in [0.1, 0.15) is 17.5 Å². The zero-order chi connectivity index (χ0) is 16.2. The molecule has 1 aliphatic heterocycles. The van der Waals surface area contributed by atoms with Gasteiger partial charge in [0, 0.05) is 16.5 Å². The van der Waals surface area contributed by atoms with Gasteiger partial charge in [-0.15, -0.1) is 0 Å². The maximum atomic E-state index is 12.0. The minimum Gasteiger partial charge on any atom is -0.309 e. The van der Waals surface area contributed by atoms with Crippen LogP contribution >= 0.6 is 23.2 Å². The summed E-state index contributed by atoms with van der Waals surface area (Å²) >= 11 is 11.8. The Kier molecular flexibility index (Phi) is 4.79. The van der Waals surface area contributed by atoms with Gasteiger partial charge in [0.2, 0.25) is 0 Å². The predicted octanol–water partition coefficient (Wildman–Crippen LogP) is 4.50. The Hall–Kier alpha value is -2.10. The summed E-state index contributed by atoms with van der Waals surface area (Å²) in [4.78, 5) is 16.4. The zero-order valence-corrected chi connectivity index (χ0v) is 13.7. The lowest BCUT2D eigenvalue weighted by atomic mass is 10.1. The molecule has 1 heterocycles. The van der Waals surface area contributed by atoms with Crippen LogP contribution in [0.15, 0.2) is 59.2 Å². The van der Waals surface area contributed by atoms with Gasteiger partial charge in [-0.25, -0.2) is 4.99 Å². The van der Waals surface area contributed by atoms with Gasteiger partial charge in [0.05, 0.1) is 0 Å². The number of hydrogen-bond donors (Lipinski definition) is 1. The second-order valence-electron chi connectivity index (χ2n) is 5.22. The van der Waals surface area contributed by atoms with Crippen LogP contribution in [0.2, 0.25) is 10.0 Å². The summed E-state index contributed by atoms with van der Waals surface area (Å²) in [6, 6.07) is 15.0. The third-order valence-electron chi connectivity index (χ3n) is 3.46. The summed E-state index contributed by atoms with van der Waals surface area (Å²) in [5.41, 5.74) is 2.40. The average Bonchev–Trinajstić information content (AvgIpc) is 2.87. The van der Waals surface area contributed by atoms with Gasteiger partial charge in [0.15, 0.2) is 0 Å². The van der Waals surface area contributed by atoms with E-state index in [1.807, 2.05) is 36.4 Å². The number of benzene rings is 2. The van der Waals surface area contributed by atoms with E-state index in [-0.39, 0.29) is 5.91 Å². The SMILES string of the molecule is O=C1NC(CCc2ccc(Cl)cc2)=N/C1=C/c1cccc(Cl)c1. The molecule has 0 atom stereocenters. The molecule has 0 aliphatic carbocycles. The van der Waals surface area contributed by atoms with E-state index in [0.717, 1.165) is 17.5 Å². The number of halogens is 2. The van der Waals surface area contributed by atoms with Crippen molar-refractivity contribution in [2.75, 3.05) is 0 Å². The number of aliphatic imine (C=N–C) groups is 1. The van der Waals surface area contributed by atoms with Crippen LogP contribution in [0.3, 0.4) is 0 Å². The second-order valence-corrected chi connectivity index (χ2v) is 6.10. The van der Waals surface area contributed by atoms with Crippen molar-refractivity contribution in [3.05, 3.63) is 75.4 Å². The molecular formula is C18H14Cl2N2O. The molecule has 0 bridgehead atoms. The van der Waals surface area contributed by atoms with Crippen molar-refractivity contribution in [2.45, 2.75) is 12.8 Å². The third kappa shape index (κ3) is 4.21. The summed E-state index contributed by atoms with van der Waals surface area (Å²) in [5, 5.41) is 4.15. The van der Waals surface area contributed by atoms with Crippen LogP contribution in [0.4, 0.5) is 0 Å². The number of carbonyl (C=O) groups is 1. The van der Waals surface area contributed by atoms with Gasteiger partial charge in [-0.05, 0) is 47.9 Å². The number of amidine groups is 1. The van der Waals surface area contributed by atoms with Gasteiger partial charge in [-0.1, -0.05) is 47.5 Å². The standard InChI is InChI=1S/C18H14Cl2N2O/c19-14-7-4-12(5-8-14)6-9-17-21-16(18(23)22-17)11-13-2-1-3-15(20)10-13/h1-5,7-8,10-11H,6,9H2,(H,21,22,23)/b16-11+. The third-order valence-corrected chi connectivity index (χ3v) is 3.95. The summed E-state index contributed by atoms with van der Waals surface area (Å²) in [7, 11) is 0. The molecule has 0 spiro atoms. The first-order valence-electron chi connectivity index (χ1n) is 7.21. The molecule has 5 heteroatoms. The van der Waals surface area contributed by atoms with E-state index in [9.17, 15) is 4.79 Å². The first kappa shape index (κ1) is 15.8. The van der Waals surface area contributed by atoms with Crippen LogP contribution in [-0.2, 0) is 11.2 Å². The van der Waals surface area contributed by atoms with Gasteiger partial charge in [0.25, 0.3) is 5.91 Å². The summed E-state index contributed by atoms with van der Waals surface area (Å²) in [6.07, 6.45) is 3.19. The molecule has 1 amide bonds. The molecule has 0 fully saturated rings. The first-order chi connectivity index (χ1) is 11.1. The molecule has 2 aromatic carbocycles. The van der Waals surface area contributed by atoms with Crippen LogP contribution in [0, 0.1) is 0 Å². The summed E-state index contributed by atoms with van der Waals surface area (Å²) < 4.78 is 0. The maximum absolute atomic E-state index is 12.0. The van der Waals surface area contributed by atoms with E-state index in [2.05, 4.69) is 10.3 Å². The van der Waals surface area contributed by atoms with E-state index in [1.54, 1.807) is 18.2 Å². The highest BCUT2D eigenvalue weighted by molar-refractivity contribution is 6.31. The highest BCUT2D eigenvalue weighted by atomic mass is 35.5. The molecule has 2 aromatic rings. The molecular weight excluding hydrogens is 331 g/mol. The van der Waals surface area contributed by atoms with Crippen LogP contribution in [-0.4, -0.2) is 11.7 Å². The minimum atomic E-state index is -0.184. The van der Waals surface area contributed by atoms with Gasteiger partial charge >= 0.3 is 0 Å². The normalized spacial score (nSPS) is 15.7. The number of hydrogen-bond acceptors (Lipinski definition) is 2. The molecule has 23 heavy (non-hydrogen) atoms. The molecule has 1 aliphatic rings. The fourth-order valence-corrected chi connectivity index (χ4v) is 2.63. The van der Waals surface area contributed by atoms with E-state index in [4.69, 9.17) is 23.2 Å². The fourth-order valence-electron chi connectivity index (χ4n) is 2.30. The molecule has 116 valence electrons. The van der Waals surface area contributed by atoms with Crippen molar-refractivity contribution in [1.29, 1.82) is 0 Å². The quantitative estimate of drug-likeness (QED) is 0.815. The Balaban J connectivity index is 1.70. The number of nitrogens with one attached hydrogen (secondary N) is 1. The van der Waals surface area contributed by atoms with E-state index in [0.29, 0.717) is 28.0 Å². The van der Waals surface area contributed by atoms with Crippen LogP contribution in [0.5, 0.6) is 0 Å². The van der Waals surface area contributed by atoms with Gasteiger partial charge in [-0.2, -0.15) is 0 Å². The minimum absolute atomic E-state index is 0.184. The number of carbonyl (C=O) groups excluding carboxylic acids is 1. The highest BCUT2D eigenvalue weighted by Crippen LogP contribution is 2.17. The maximum Gasteiger partial charge on any atom is 0.275 e. The van der Waals surface area contributed by atoms with E-state index in [1.165, 1.54) is 0 Å².